The summed E-state index contributed by atoms with van der Waals surface area (Å²) in [6, 6.07) is 5.33. The summed E-state index contributed by atoms with van der Waals surface area (Å²) in [5.74, 6) is -0.0768. The molecule has 0 spiro atoms. The number of nitrogens with zero attached hydrogens (tertiary/aromatic N) is 1. The molecule has 1 atom stereocenters. The second-order valence-electron chi connectivity index (χ2n) is 5.64. The number of piperidine rings is 1. The molecule has 126 valence electrons. The summed E-state index contributed by atoms with van der Waals surface area (Å²) >= 11 is 9.44. The van der Waals surface area contributed by atoms with E-state index in [-0.39, 0.29) is 24.3 Å². The van der Waals surface area contributed by atoms with Crippen LogP contribution in [0.4, 0.5) is 5.69 Å². The fourth-order valence-corrected chi connectivity index (χ4v) is 3.44. The van der Waals surface area contributed by atoms with Gasteiger partial charge in [0.2, 0.25) is 11.8 Å². The average molecular weight is 403 g/mol. The molecule has 1 fully saturated rings. The lowest BCUT2D eigenvalue weighted by atomic mass is 9.97. The molecule has 0 aliphatic carbocycles. The first-order valence-electron chi connectivity index (χ1n) is 7.74. The van der Waals surface area contributed by atoms with E-state index in [9.17, 15) is 9.59 Å². The van der Waals surface area contributed by atoms with Crippen LogP contribution < -0.4 is 10.6 Å². The highest BCUT2D eigenvalue weighted by Gasteiger charge is 2.26. The molecule has 1 aliphatic rings. The second kappa shape index (κ2) is 8.66. The zero-order valence-corrected chi connectivity index (χ0v) is 15.4. The third-order valence-corrected chi connectivity index (χ3v) is 4.61. The van der Waals surface area contributed by atoms with Crippen molar-refractivity contribution < 1.29 is 9.59 Å². The largest absolute Gasteiger partial charge is 0.356 e. The Morgan fingerprint density at radius 2 is 2.22 bits per heavy atom. The number of rotatable bonds is 5. The third kappa shape index (κ3) is 5.48. The summed E-state index contributed by atoms with van der Waals surface area (Å²) in [7, 11) is 0. The summed E-state index contributed by atoms with van der Waals surface area (Å²) in [5, 5.41) is 6.17. The molecule has 5 nitrogen and oxygen atoms in total. The summed E-state index contributed by atoms with van der Waals surface area (Å²) in [5.41, 5.74) is 0.595. The van der Waals surface area contributed by atoms with Crippen molar-refractivity contribution in [1.29, 1.82) is 0 Å². The minimum absolute atomic E-state index is 0.0345. The van der Waals surface area contributed by atoms with Crippen molar-refractivity contribution in [3.63, 3.8) is 0 Å². The van der Waals surface area contributed by atoms with Crippen LogP contribution in [-0.4, -0.2) is 42.9 Å². The van der Waals surface area contributed by atoms with Gasteiger partial charge in [-0.25, -0.2) is 0 Å². The van der Waals surface area contributed by atoms with Gasteiger partial charge in [0.1, 0.15) is 0 Å². The number of likely N-dealkylation sites (tertiary alicyclic amines) is 1. The molecule has 2 rings (SSSR count). The van der Waals surface area contributed by atoms with Crippen LogP contribution in [0.25, 0.3) is 0 Å². The number of hydrogen-bond acceptors (Lipinski definition) is 3. The molecular formula is C16H21BrClN3O2. The summed E-state index contributed by atoms with van der Waals surface area (Å²) < 4.78 is 0.862. The second-order valence-corrected chi connectivity index (χ2v) is 6.96. The Morgan fingerprint density at radius 1 is 1.43 bits per heavy atom. The Hall–Kier alpha value is -1.11. The van der Waals surface area contributed by atoms with Crippen LogP contribution in [-0.2, 0) is 9.59 Å². The van der Waals surface area contributed by atoms with Gasteiger partial charge in [-0.2, -0.15) is 0 Å². The van der Waals surface area contributed by atoms with Gasteiger partial charge in [-0.3, -0.25) is 14.5 Å². The van der Waals surface area contributed by atoms with Gasteiger partial charge in [-0.05, 0) is 44.5 Å². The smallest absolute Gasteiger partial charge is 0.238 e. The number of halogens is 2. The Kier molecular flexibility index (Phi) is 6.87. The van der Waals surface area contributed by atoms with E-state index in [1.165, 1.54) is 0 Å². The fraction of sp³-hybridized carbons (Fsp3) is 0.500. The van der Waals surface area contributed by atoms with Crippen LogP contribution in [0.3, 0.4) is 0 Å². The van der Waals surface area contributed by atoms with E-state index < -0.39 is 0 Å². The van der Waals surface area contributed by atoms with Gasteiger partial charge in [0.25, 0.3) is 0 Å². The molecule has 7 heteroatoms. The summed E-state index contributed by atoms with van der Waals surface area (Å²) in [6.45, 7) is 4.26. The molecule has 0 radical (unpaired) electrons. The van der Waals surface area contributed by atoms with Crippen molar-refractivity contribution in [2.75, 3.05) is 31.5 Å². The predicted molar refractivity (Wildman–Crippen MR) is 95.6 cm³/mol. The van der Waals surface area contributed by atoms with Gasteiger partial charge in [0, 0.05) is 17.6 Å². The van der Waals surface area contributed by atoms with Crippen molar-refractivity contribution in [2.24, 2.45) is 5.92 Å². The van der Waals surface area contributed by atoms with E-state index in [1.807, 2.05) is 17.9 Å². The maximum absolute atomic E-state index is 12.2. The number of amides is 2. The van der Waals surface area contributed by atoms with Gasteiger partial charge in [-0.1, -0.05) is 27.5 Å². The third-order valence-electron chi connectivity index (χ3n) is 3.80. The average Bonchev–Trinajstić information content (AvgIpc) is 2.50. The lowest BCUT2D eigenvalue weighted by Crippen LogP contribution is -2.45. The van der Waals surface area contributed by atoms with Gasteiger partial charge in [-0.15, -0.1) is 0 Å². The monoisotopic (exact) mass is 401 g/mol. The molecule has 1 saturated heterocycles. The van der Waals surface area contributed by atoms with Gasteiger partial charge in [0.05, 0.1) is 23.2 Å². The number of hydrogen-bond donors (Lipinski definition) is 2. The SMILES string of the molecule is CCNC(=O)[C@H]1CCCN(CC(=O)Nc2ccc(Br)cc2Cl)C1. The molecule has 1 aromatic carbocycles. The van der Waals surface area contributed by atoms with Crippen molar-refractivity contribution >= 4 is 45.0 Å². The highest BCUT2D eigenvalue weighted by atomic mass is 79.9. The molecule has 0 bridgehead atoms. The first kappa shape index (κ1) is 18.2. The highest BCUT2D eigenvalue weighted by molar-refractivity contribution is 9.10. The number of carbonyl (C=O) groups excluding carboxylic acids is 2. The maximum Gasteiger partial charge on any atom is 0.238 e. The molecule has 1 aromatic rings. The van der Waals surface area contributed by atoms with Crippen molar-refractivity contribution in [2.45, 2.75) is 19.8 Å². The Bertz CT molecular complexity index is 582. The minimum Gasteiger partial charge on any atom is -0.356 e. The van der Waals surface area contributed by atoms with E-state index in [4.69, 9.17) is 11.6 Å². The zero-order valence-electron chi connectivity index (χ0n) is 13.1. The molecule has 0 aromatic heterocycles. The Labute approximate surface area is 149 Å². The van der Waals surface area contributed by atoms with Crippen LogP contribution in [0.15, 0.2) is 22.7 Å². The molecule has 0 saturated carbocycles. The first-order chi connectivity index (χ1) is 11.0. The van der Waals surface area contributed by atoms with Crippen molar-refractivity contribution in [3.05, 3.63) is 27.7 Å². The zero-order chi connectivity index (χ0) is 16.8. The highest BCUT2D eigenvalue weighted by Crippen LogP contribution is 2.25. The van der Waals surface area contributed by atoms with Crippen molar-refractivity contribution in [3.8, 4) is 0 Å². The Morgan fingerprint density at radius 3 is 2.91 bits per heavy atom. The van der Waals surface area contributed by atoms with E-state index in [1.54, 1.807) is 12.1 Å². The molecule has 1 heterocycles. The van der Waals surface area contributed by atoms with Gasteiger partial charge < -0.3 is 10.6 Å². The Balaban J connectivity index is 1.88. The number of anilines is 1. The lowest BCUT2D eigenvalue weighted by molar-refractivity contribution is -0.127. The maximum atomic E-state index is 12.2. The van der Waals surface area contributed by atoms with E-state index in [2.05, 4.69) is 26.6 Å². The molecule has 0 unspecified atom stereocenters. The van der Waals surface area contributed by atoms with E-state index in [0.717, 1.165) is 23.9 Å². The van der Waals surface area contributed by atoms with Crippen LogP contribution >= 0.6 is 27.5 Å². The number of carbonyl (C=O) groups is 2. The van der Waals surface area contributed by atoms with Crippen LogP contribution in [0.5, 0.6) is 0 Å². The molecule has 2 N–H and O–H groups in total. The minimum atomic E-state index is -0.120. The standard InChI is InChI=1S/C16H21BrClN3O2/c1-2-19-16(23)11-4-3-7-21(9-11)10-15(22)20-14-6-5-12(17)8-13(14)18/h5-6,8,11H,2-4,7,9-10H2,1H3,(H,19,23)(H,20,22)/t11-/m0/s1. The number of benzene rings is 1. The predicted octanol–water partition coefficient (Wildman–Crippen LogP) is 2.89. The molecule has 1 aliphatic heterocycles. The lowest BCUT2D eigenvalue weighted by Gasteiger charge is -2.31. The van der Waals surface area contributed by atoms with Crippen molar-refractivity contribution in [1.82, 2.24) is 10.2 Å². The van der Waals surface area contributed by atoms with E-state index >= 15 is 0 Å². The van der Waals surface area contributed by atoms with E-state index in [0.29, 0.717) is 23.8 Å². The first-order valence-corrected chi connectivity index (χ1v) is 8.91. The molecule has 2 amide bonds. The van der Waals surface area contributed by atoms with Crippen LogP contribution in [0, 0.1) is 5.92 Å². The summed E-state index contributed by atoms with van der Waals surface area (Å²) in [4.78, 5) is 26.2. The van der Waals surface area contributed by atoms with Crippen LogP contribution in [0.2, 0.25) is 5.02 Å². The van der Waals surface area contributed by atoms with Gasteiger partial charge in [0.15, 0.2) is 0 Å². The van der Waals surface area contributed by atoms with Gasteiger partial charge >= 0.3 is 0 Å². The topological polar surface area (TPSA) is 61.4 Å². The summed E-state index contributed by atoms with van der Waals surface area (Å²) in [6.07, 6.45) is 1.80. The normalized spacial score (nSPS) is 18.5. The number of nitrogens with one attached hydrogen (secondary N) is 2. The molecular weight excluding hydrogens is 382 g/mol. The van der Waals surface area contributed by atoms with Crippen LogP contribution in [0.1, 0.15) is 19.8 Å². The fourth-order valence-electron chi connectivity index (χ4n) is 2.72. The molecule has 23 heavy (non-hydrogen) atoms. The quantitative estimate of drug-likeness (QED) is 0.796.